The summed E-state index contributed by atoms with van der Waals surface area (Å²) < 4.78 is 0. The number of carboxylic acids is 2. The van der Waals surface area contributed by atoms with Gasteiger partial charge in [0.05, 0.1) is 49.3 Å². The van der Waals surface area contributed by atoms with E-state index in [0.717, 1.165) is 6.42 Å². The van der Waals surface area contributed by atoms with Crippen LogP contribution in [0.15, 0.2) is 0 Å². The molecule has 4 aliphatic carbocycles. The Bertz CT molecular complexity index is 1180. The molecule has 5 heterocycles. The van der Waals surface area contributed by atoms with Gasteiger partial charge in [-0.25, -0.2) is 0 Å². The predicted molar refractivity (Wildman–Crippen MR) is 165 cm³/mol. The fourth-order valence-electron chi connectivity index (χ4n) is 12.6. The van der Waals surface area contributed by atoms with Crippen molar-refractivity contribution in [2.45, 2.75) is 139 Å². The molecule has 18 atom stereocenters. The summed E-state index contributed by atoms with van der Waals surface area (Å²) in [6, 6.07) is 0. The Hall–Kier alpha value is -0.861. The van der Waals surface area contributed by atoms with E-state index in [1.54, 1.807) is 0 Å². The van der Waals surface area contributed by atoms with Gasteiger partial charge in [-0.3, -0.25) is 42.5 Å². The van der Waals surface area contributed by atoms with Crippen LogP contribution >= 0.6 is 0 Å². The SMILES string of the molecule is O=C([O-])C1CCC2C3NC4NC(NC5NC(NC6NC(NC(N3)C2C1C(=O)[O-])C1CCCCC61)C1CCCCC51)C1CCCCC41.[Mn+2]. The minimum Gasteiger partial charge on any atom is -0.550 e. The van der Waals surface area contributed by atoms with E-state index in [-0.39, 0.29) is 72.3 Å². The van der Waals surface area contributed by atoms with Gasteiger partial charge in [0, 0.05) is 29.7 Å². The minimum absolute atomic E-state index is 0. The van der Waals surface area contributed by atoms with Crippen LogP contribution in [0.25, 0.3) is 0 Å². The molecule has 8 bridgehead atoms. The van der Waals surface area contributed by atoms with Crippen molar-refractivity contribution < 1.29 is 36.9 Å². The number of fused-ring (bicyclic) bond motifs is 20. The van der Waals surface area contributed by atoms with Gasteiger partial charge in [-0.1, -0.05) is 38.5 Å². The molecular formula is C34H54MnN8O4. The van der Waals surface area contributed by atoms with Crippen LogP contribution in [0.3, 0.4) is 0 Å². The van der Waals surface area contributed by atoms with Crippen molar-refractivity contribution >= 4 is 11.9 Å². The number of carbonyl (C=O) groups is 2. The number of hydrogen-bond acceptors (Lipinski definition) is 12. The average molecular weight is 694 g/mol. The first kappa shape index (κ1) is 33.3. The maximum atomic E-state index is 12.7. The molecule has 5 aliphatic heterocycles. The van der Waals surface area contributed by atoms with E-state index in [9.17, 15) is 19.8 Å². The molecule has 0 spiro atoms. The predicted octanol–water partition coefficient (Wildman–Crippen LogP) is -1.44. The third-order valence-corrected chi connectivity index (χ3v) is 14.6. The van der Waals surface area contributed by atoms with Crippen LogP contribution in [0, 0.1) is 59.2 Å². The molecule has 0 aromatic rings. The van der Waals surface area contributed by atoms with E-state index in [1.165, 1.54) is 70.6 Å². The molecule has 12 nitrogen and oxygen atoms in total. The Labute approximate surface area is 289 Å². The first-order valence-electron chi connectivity index (χ1n) is 18.9. The summed E-state index contributed by atoms with van der Waals surface area (Å²) in [5.74, 6) is -1.95. The van der Waals surface area contributed by atoms with Crippen LogP contribution in [0.4, 0.5) is 0 Å². The van der Waals surface area contributed by atoms with Crippen molar-refractivity contribution in [2.75, 3.05) is 0 Å². The summed E-state index contributed by atoms with van der Waals surface area (Å²) >= 11 is 0. The molecule has 13 heteroatoms. The van der Waals surface area contributed by atoms with Crippen molar-refractivity contribution in [3.05, 3.63) is 0 Å². The van der Waals surface area contributed by atoms with E-state index >= 15 is 0 Å². The van der Waals surface area contributed by atoms with Gasteiger partial charge in [-0.05, 0) is 92.8 Å². The van der Waals surface area contributed by atoms with Gasteiger partial charge in [0.2, 0.25) is 0 Å². The van der Waals surface area contributed by atoms with E-state index in [0.29, 0.717) is 48.3 Å². The summed E-state index contributed by atoms with van der Waals surface area (Å²) in [7, 11) is 0. The van der Waals surface area contributed by atoms with Gasteiger partial charge in [-0.15, -0.1) is 0 Å². The minimum atomic E-state index is -1.27. The van der Waals surface area contributed by atoms with Crippen LogP contribution in [-0.2, 0) is 26.7 Å². The molecule has 9 fully saturated rings. The fourth-order valence-corrected chi connectivity index (χ4v) is 12.6. The Balaban J connectivity index is 0.00000324. The van der Waals surface area contributed by atoms with Crippen LogP contribution in [0.5, 0.6) is 0 Å². The largest absolute Gasteiger partial charge is 2.00 e. The molecule has 4 saturated carbocycles. The Kier molecular flexibility index (Phi) is 9.46. The van der Waals surface area contributed by atoms with Crippen LogP contribution < -0.4 is 52.7 Å². The van der Waals surface area contributed by atoms with Gasteiger partial charge in [0.1, 0.15) is 0 Å². The van der Waals surface area contributed by atoms with Crippen LogP contribution in [0.2, 0.25) is 0 Å². The number of carbonyl (C=O) groups excluding carboxylic acids is 2. The molecule has 18 unspecified atom stereocenters. The summed E-state index contributed by atoms with van der Waals surface area (Å²) in [6.07, 6.45) is 16.2. The molecule has 0 aromatic heterocycles. The van der Waals surface area contributed by atoms with Crippen LogP contribution in [0.1, 0.15) is 89.9 Å². The zero-order chi connectivity index (χ0) is 31.1. The van der Waals surface area contributed by atoms with E-state index in [1.807, 2.05) is 0 Å². The van der Waals surface area contributed by atoms with Crippen LogP contribution in [-0.4, -0.2) is 61.3 Å². The second kappa shape index (κ2) is 13.4. The first-order valence-corrected chi connectivity index (χ1v) is 18.9. The topological polar surface area (TPSA) is 176 Å². The standard InChI is InChI=1S/C34H56N8O4.Mn/c43-33(44)22-14-13-21-23(24(22)34(45)46)32-41-30-20-12-6-5-11-19(20)28(39-30)37-26-16-8-2-1-7-15(16)25(35-26)36-27-17-9-3-4-10-18(17)29(38-27)40-31(21)42-32;/h15-32,35-42H,1-14H2,(H,43,44)(H,45,46);/q;+2/p-2. The molecule has 9 rings (SSSR count). The monoisotopic (exact) mass is 693 g/mol. The maximum Gasteiger partial charge on any atom is 2.00 e. The van der Waals surface area contributed by atoms with Crippen molar-refractivity contribution in [2.24, 2.45) is 59.2 Å². The molecule has 0 amide bonds. The first-order chi connectivity index (χ1) is 22.4. The zero-order valence-electron chi connectivity index (χ0n) is 27.3. The fraction of sp³-hybridized carbons (Fsp3) is 0.941. The van der Waals surface area contributed by atoms with Crippen molar-refractivity contribution in [3.8, 4) is 0 Å². The normalized spacial score (nSPS) is 53.5. The summed E-state index contributed by atoms with van der Waals surface area (Å²) in [5, 5.41) is 57.1. The van der Waals surface area contributed by atoms with Gasteiger partial charge >= 0.3 is 17.1 Å². The second-order valence-corrected chi connectivity index (χ2v) is 16.6. The quantitative estimate of drug-likeness (QED) is 0.158. The average Bonchev–Trinajstić information content (AvgIpc) is 3.80. The van der Waals surface area contributed by atoms with Gasteiger partial charge < -0.3 is 19.8 Å². The smallest absolute Gasteiger partial charge is 0.550 e. The number of nitrogens with one attached hydrogen (secondary N) is 8. The van der Waals surface area contributed by atoms with E-state index in [2.05, 4.69) is 42.5 Å². The third-order valence-electron chi connectivity index (χ3n) is 14.6. The molecular weight excluding hydrogens is 639 g/mol. The molecule has 47 heavy (non-hydrogen) atoms. The summed E-state index contributed by atoms with van der Waals surface area (Å²) in [6.45, 7) is 0. The van der Waals surface area contributed by atoms with E-state index < -0.39 is 29.7 Å². The van der Waals surface area contributed by atoms with Crippen molar-refractivity contribution in [1.29, 1.82) is 0 Å². The molecule has 1 radical (unpaired) electrons. The molecule has 261 valence electrons. The Morgan fingerprint density at radius 1 is 0.383 bits per heavy atom. The number of rotatable bonds is 2. The van der Waals surface area contributed by atoms with Gasteiger partial charge in [0.25, 0.3) is 0 Å². The third kappa shape index (κ3) is 5.72. The van der Waals surface area contributed by atoms with Crippen molar-refractivity contribution in [3.63, 3.8) is 0 Å². The number of hydrogen-bond donors (Lipinski definition) is 8. The van der Waals surface area contributed by atoms with E-state index in [4.69, 9.17) is 0 Å². The number of carboxylic acid groups (broad SMARTS) is 2. The summed E-state index contributed by atoms with van der Waals surface area (Å²) in [5.41, 5.74) is 0. The van der Waals surface area contributed by atoms with Crippen molar-refractivity contribution in [1.82, 2.24) is 42.5 Å². The van der Waals surface area contributed by atoms with Gasteiger partial charge in [-0.2, -0.15) is 0 Å². The molecule has 9 aliphatic rings. The Morgan fingerprint density at radius 2 is 0.681 bits per heavy atom. The second-order valence-electron chi connectivity index (χ2n) is 16.6. The zero-order valence-corrected chi connectivity index (χ0v) is 28.5. The summed E-state index contributed by atoms with van der Waals surface area (Å²) in [4.78, 5) is 25.0. The molecule has 8 N–H and O–H groups in total. The molecule has 0 aromatic carbocycles. The van der Waals surface area contributed by atoms with Gasteiger partial charge in [0.15, 0.2) is 0 Å². The number of aliphatic carboxylic acids is 2. The maximum absolute atomic E-state index is 12.7. The molecule has 5 saturated heterocycles. The Morgan fingerprint density at radius 3 is 0.979 bits per heavy atom.